The van der Waals surface area contributed by atoms with Crippen molar-refractivity contribution in [2.45, 2.75) is 32.9 Å². The number of aliphatic imine (C=N–C) groups is 1. The van der Waals surface area contributed by atoms with Crippen molar-refractivity contribution in [3.8, 4) is 0 Å². The van der Waals surface area contributed by atoms with Crippen molar-refractivity contribution in [3.05, 3.63) is 48.0 Å². The lowest BCUT2D eigenvalue weighted by atomic mass is 10.1. The summed E-state index contributed by atoms with van der Waals surface area (Å²) in [6.45, 7) is 6.68. The molecule has 6 heteroatoms. The number of benzene rings is 1. The second kappa shape index (κ2) is 7.76. The summed E-state index contributed by atoms with van der Waals surface area (Å²) in [7, 11) is 0. The Morgan fingerprint density at radius 1 is 1.26 bits per heavy atom. The van der Waals surface area contributed by atoms with Gasteiger partial charge in [0.1, 0.15) is 12.7 Å². The molecule has 6 nitrogen and oxygen atoms in total. The fourth-order valence-electron chi connectivity index (χ4n) is 2.85. The molecule has 1 saturated heterocycles. The Bertz CT molecular complexity index is 628. The number of aromatic nitrogens is 3. The lowest BCUT2D eigenvalue weighted by molar-refractivity contribution is 0.493. The predicted molar refractivity (Wildman–Crippen MR) is 91.2 cm³/mol. The lowest BCUT2D eigenvalue weighted by Gasteiger charge is -2.20. The smallest absolute Gasteiger partial charge is 0.194 e. The van der Waals surface area contributed by atoms with Gasteiger partial charge in [-0.1, -0.05) is 24.3 Å². The molecule has 1 aliphatic rings. The molecule has 0 spiro atoms. The largest absolute Gasteiger partial charge is 0.357 e. The van der Waals surface area contributed by atoms with Crippen molar-refractivity contribution in [1.29, 1.82) is 0 Å². The minimum absolute atomic E-state index is 0.698. The Hall–Kier alpha value is -2.37. The maximum atomic E-state index is 4.80. The number of nitrogens with one attached hydrogen (secondary N) is 1. The summed E-state index contributed by atoms with van der Waals surface area (Å²) in [6, 6.07) is 8.51. The van der Waals surface area contributed by atoms with Crippen LogP contribution in [0.15, 0.2) is 41.9 Å². The molecule has 0 unspecified atom stereocenters. The van der Waals surface area contributed by atoms with Crippen LogP contribution in [0.3, 0.4) is 0 Å². The van der Waals surface area contributed by atoms with Gasteiger partial charge in [-0.25, -0.2) is 14.7 Å². The van der Waals surface area contributed by atoms with Gasteiger partial charge in [0.15, 0.2) is 5.96 Å². The quantitative estimate of drug-likeness (QED) is 0.676. The maximum absolute atomic E-state index is 4.80. The van der Waals surface area contributed by atoms with E-state index in [9.17, 15) is 0 Å². The molecule has 0 bridgehead atoms. The Balaban J connectivity index is 1.67. The normalized spacial score (nSPS) is 15.2. The third-order valence-corrected chi connectivity index (χ3v) is 3.95. The van der Waals surface area contributed by atoms with Crippen LogP contribution in [0.4, 0.5) is 0 Å². The first-order valence-electron chi connectivity index (χ1n) is 8.28. The van der Waals surface area contributed by atoms with Gasteiger partial charge in [-0.05, 0) is 30.9 Å². The Morgan fingerprint density at radius 2 is 2.09 bits per heavy atom. The van der Waals surface area contributed by atoms with Crippen LogP contribution in [-0.4, -0.2) is 45.3 Å². The summed E-state index contributed by atoms with van der Waals surface area (Å²) < 4.78 is 1.83. The van der Waals surface area contributed by atoms with Gasteiger partial charge >= 0.3 is 0 Å². The average Bonchev–Trinajstić information content (AvgIpc) is 3.25. The van der Waals surface area contributed by atoms with Crippen molar-refractivity contribution in [2.75, 3.05) is 19.6 Å². The molecule has 122 valence electrons. The van der Waals surface area contributed by atoms with Gasteiger partial charge in [-0.15, -0.1) is 0 Å². The average molecular weight is 312 g/mol. The van der Waals surface area contributed by atoms with Crippen LogP contribution < -0.4 is 5.32 Å². The number of likely N-dealkylation sites (tertiary alicyclic amines) is 1. The van der Waals surface area contributed by atoms with Gasteiger partial charge in [-0.2, -0.15) is 5.10 Å². The molecule has 1 aromatic carbocycles. The van der Waals surface area contributed by atoms with E-state index in [0.717, 1.165) is 32.1 Å². The van der Waals surface area contributed by atoms with Crippen LogP contribution >= 0.6 is 0 Å². The van der Waals surface area contributed by atoms with Crippen molar-refractivity contribution in [3.63, 3.8) is 0 Å². The molecule has 0 saturated carbocycles. The zero-order valence-electron chi connectivity index (χ0n) is 13.6. The monoisotopic (exact) mass is 312 g/mol. The summed E-state index contributed by atoms with van der Waals surface area (Å²) >= 11 is 0. The highest BCUT2D eigenvalue weighted by molar-refractivity contribution is 5.80. The fourth-order valence-corrected chi connectivity index (χ4v) is 2.85. The summed E-state index contributed by atoms with van der Waals surface area (Å²) in [6.07, 6.45) is 5.82. The molecule has 2 heterocycles. The molecule has 23 heavy (non-hydrogen) atoms. The molecule has 0 aliphatic carbocycles. The zero-order valence-corrected chi connectivity index (χ0v) is 13.6. The first kappa shape index (κ1) is 15.5. The standard InChI is InChI=1S/C17H24N6/c1-2-19-17(22-8-3-4-9-22)20-11-15-6-5-7-16(10-15)12-23-14-18-13-21-23/h5-7,10,13-14H,2-4,8-9,11-12H2,1H3,(H,19,20). The van der Waals surface area contributed by atoms with Gasteiger partial charge in [0.2, 0.25) is 0 Å². The van der Waals surface area contributed by atoms with E-state index in [0.29, 0.717) is 6.54 Å². The molecule has 1 aromatic heterocycles. The van der Waals surface area contributed by atoms with Crippen molar-refractivity contribution >= 4 is 5.96 Å². The van der Waals surface area contributed by atoms with E-state index < -0.39 is 0 Å². The summed E-state index contributed by atoms with van der Waals surface area (Å²) in [5, 5.41) is 7.55. The SMILES string of the molecule is CCNC(=NCc1cccc(Cn2cncn2)c1)N1CCCC1. The number of guanidine groups is 1. The zero-order chi connectivity index (χ0) is 15.9. The first-order valence-corrected chi connectivity index (χ1v) is 8.28. The van der Waals surface area contributed by atoms with E-state index in [1.165, 1.54) is 24.0 Å². The van der Waals surface area contributed by atoms with Crippen LogP contribution in [0.25, 0.3) is 0 Å². The molecule has 1 aliphatic heterocycles. The van der Waals surface area contributed by atoms with E-state index in [1.807, 2.05) is 4.68 Å². The summed E-state index contributed by atoms with van der Waals surface area (Å²) in [5.74, 6) is 1.03. The van der Waals surface area contributed by atoms with Crippen molar-refractivity contribution in [2.24, 2.45) is 4.99 Å². The maximum Gasteiger partial charge on any atom is 0.194 e. The highest BCUT2D eigenvalue weighted by atomic mass is 15.3. The minimum Gasteiger partial charge on any atom is -0.357 e. The highest BCUT2D eigenvalue weighted by Crippen LogP contribution is 2.11. The Kier molecular flexibility index (Phi) is 5.24. The number of nitrogens with zero attached hydrogens (tertiary/aromatic N) is 5. The van der Waals surface area contributed by atoms with Gasteiger partial charge < -0.3 is 10.2 Å². The first-order chi connectivity index (χ1) is 11.3. The summed E-state index contributed by atoms with van der Waals surface area (Å²) in [4.78, 5) is 11.1. The Labute approximate surface area is 137 Å². The van der Waals surface area contributed by atoms with Gasteiger partial charge in [0, 0.05) is 19.6 Å². The molecule has 2 aromatic rings. The van der Waals surface area contributed by atoms with E-state index in [-0.39, 0.29) is 0 Å². The number of rotatable bonds is 5. The molecule has 1 N–H and O–H groups in total. The van der Waals surface area contributed by atoms with Crippen LogP contribution in [-0.2, 0) is 13.1 Å². The van der Waals surface area contributed by atoms with E-state index in [2.05, 4.69) is 51.5 Å². The predicted octanol–water partition coefficient (Wildman–Crippen LogP) is 1.89. The van der Waals surface area contributed by atoms with Gasteiger partial charge in [-0.3, -0.25) is 0 Å². The fraction of sp³-hybridized carbons (Fsp3) is 0.471. The second-order valence-electron chi connectivity index (χ2n) is 5.78. The van der Waals surface area contributed by atoms with Crippen LogP contribution in [0.1, 0.15) is 30.9 Å². The number of hydrogen-bond donors (Lipinski definition) is 1. The van der Waals surface area contributed by atoms with Crippen molar-refractivity contribution < 1.29 is 0 Å². The lowest BCUT2D eigenvalue weighted by Crippen LogP contribution is -2.39. The van der Waals surface area contributed by atoms with E-state index >= 15 is 0 Å². The third-order valence-electron chi connectivity index (χ3n) is 3.95. The molecule has 0 radical (unpaired) electrons. The Morgan fingerprint density at radius 3 is 2.83 bits per heavy atom. The van der Waals surface area contributed by atoms with Crippen LogP contribution in [0, 0.1) is 0 Å². The van der Waals surface area contributed by atoms with Crippen LogP contribution in [0.5, 0.6) is 0 Å². The van der Waals surface area contributed by atoms with Gasteiger partial charge in [0.25, 0.3) is 0 Å². The van der Waals surface area contributed by atoms with Gasteiger partial charge in [0.05, 0.1) is 13.1 Å². The van der Waals surface area contributed by atoms with E-state index in [4.69, 9.17) is 4.99 Å². The molecule has 3 rings (SSSR count). The molecular weight excluding hydrogens is 288 g/mol. The minimum atomic E-state index is 0.698. The number of hydrogen-bond acceptors (Lipinski definition) is 3. The topological polar surface area (TPSA) is 58.3 Å². The molecule has 1 fully saturated rings. The molecule has 0 amide bonds. The molecular formula is C17H24N6. The third kappa shape index (κ3) is 4.31. The van der Waals surface area contributed by atoms with Crippen LogP contribution in [0.2, 0.25) is 0 Å². The molecule has 0 atom stereocenters. The highest BCUT2D eigenvalue weighted by Gasteiger charge is 2.15. The second-order valence-corrected chi connectivity index (χ2v) is 5.78. The van der Waals surface area contributed by atoms with E-state index in [1.54, 1.807) is 12.7 Å². The summed E-state index contributed by atoms with van der Waals surface area (Å²) in [5.41, 5.74) is 2.44. The van der Waals surface area contributed by atoms with Crippen molar-refractivity contribution in [1.82, 2.24) is 25.0 Å².